The van der Waals surface area contributed by atoms with E-state index in [1.54, 1.807) is 7.11 Å². The summed E-state index contributed by atoms with van der Waals surface area (Å²) in [6.45, 7) is 10.4. The summed E-state index contributed by atoms with van der Waals surface area (Å²) in [5, 5.41) is 6.69. The zero-order valence-corrected chi connectivity index (χ0v) is 14.7. The van der Waals surface area contributed by atoms with E-state index in [9.17, 15) is 0 Å². The first-order valence-corrected chi connectivity index (χ1v) is 8.30. The van der Waals surface area contributed by atoms with Gasteiger partial charge in [0.15, 0.2) is 5.96 Å². The summed E-state index contributed by atoms with van der Waals surface area (Å²) in [4.78, 5) is 4.68. The van der Waals surface area contributed by atoms with Gasteiger partial charge in [0.05, 0.1) is 26.9 Å². The first-order chi connectivity index (χ1) is 11.1. The fourth-order valence-corrected chi connectivity index (χ4v) is 2.50. The van der Waals surface area contributed by atoms with Crippen LogP contribution in [0.5, 0.6) is 5.75 Å². The van der Waals surface area contributed by atoms with Gasteiger partial charge in [0.2, 0.25) is 0 Å². The van der Waals surface area contributed by atoms with Crippen molar-refractivity contribution in [2.75, 3.05) is 40.0 Å². The monoisotopic (exact) mass is 319 g/mol. The van der Waals surface area contributed by atoms with Crippen molar-refractivity contribution in [3.05, 3.63) is 29.3 Å². The molecule has 0 saturated carbocycles. The number of hydrogen-bond acceptors (Lipinski definition) is 3. The zero-order valence-electron chi connectivity index (χ0n) is 14.7. The smallest absolute Gasteiger partial charge is 0.191 e. The van der Waals surface area contributed by atoms with Crippen molar-refractivity contribution >= 4 is 5.96 Å². The molecule has 0 amide bonds. The minimum Gasteiger partial charge on any atom is -0.496 e. The van der Waals surface area contributed by atoms with Crippen molar-refractivity contribution in [3.63, 3.8) is 0 Å². The number of hydrogen-bond donors (Lipinski definition) is 2. The second-order valence-corrected chi connectivity index (χ2v) is 6.48. The van der Waals surface area contributed by atoms with Crippen LogP contribution in [0, 0.1) is 12.3 Å². The molecule has 1 fully saturated rings. The Balaban J connectivity index is 1.85. The maximum atomic E-state index is 5.38. The van der Waals surface area contributed by atoms with E-state index in [1.807, 2.05) is 0 Å². The second-order valence-electron chi connectivity index (χ2n) is 6.48. The lowest BCUT2D eigenvalue weighted by molar-refractivity contribution is -0.0945. The summed E-state index contributed by atoms with van der Waals surface area (Å²) < 4.78 is 10.7. The van der Waals surface area contributed by atoms with Gasteiger partial charge >= 0.3 is 0 Å². The third-order valence-corrected chi connectivity index (χ3v) is 4.04. The number of aryl methyl sites for hydroxylation is 1. The number of nitrogens with zero attached hydrogens (tertiary/aromatic N) is 1. The van der Waals surface area contributed by atoms with Crippen LogP contribution in [-0.4, -0.2) is 45.9 Å². The van der Waals surface area contributed by atoms with E-state index in [2.05, 4.69) is 54.6 Å². The van der Waals surface area contributed by atoms with Gasteiger partial charge in [-0.2, -0.15) is 0 Å². The molecule has 2 rings (SSSR count). The molecule has 0 bridgehead atoms. The fourth-order valence-electron chi connectivity index (χ4n) is 2.50. The van der Waals surface area contributed by atoms with Gasteiger partial charge in [0.25, 0.3) is 0 Å². The lowest BCUT2D eigenvalue weighted by Gasteiger charge is -2.36. The van der Waals surface area contributed by atoms with Gasteiger partial charge in [0, 0.05) is 18.5 Å². The second kappa shape index (κ2) is 8.20. The predicted octanol–water partition coefficient (Wildman–Crippen LogP) is 2.14. The number of benzene rings is 1. The Kier molecular flexibility index (Phi) is 6.28. The molecule has 0 aromatic heterocycles. The molecule has 0 unspecified atom stereocenters. The van der Waals surface area contributed by atoms with E-state index < -0.39 is 0 Å². The Morgan fingerprint density at radius 2 is 2.13 bits per heavy atom. The highest BCUT2D eigenvalue weighted by Crippen LogP contribution is 2.26. The number of guanidine groups is 1. The number of aliphatic imine (C=N–C) groups is 1. The van der Waals surface area contributed by atoms with Gasteiger partial charge in [-0.05, 0) is 37.5 Å². The quantitative estimate of drug-likeness (QED) is 0.597. The van der Waals surface area contributed by atoms with Crippen LogP contribution in [0.2, 0.25) is 0 Å². The fraction of sp³-hybridized carbons (Fsp3) is 0.611. The molecule has 1 aromatic rings. The van der Waals surface area contributed by atoms with Crippen LogP contribution in [-0.2, 0) is 11.2 Å². The molecule has 0 radical (unpaired) electrons. The number of rotatable bonds is 7. The third kappa shape index (κ3) is 5.13. The standard InChI is InChI=1S/C18H29N3O2/c1-5-19-17(21-11-18(3)12-23-13-18)20-9-8-15-7-6-14(2)16(10-15)22-4/h6-7,10H,5,8-9,11-13H2,1-4H3,(H2,19,20,21). The molecule has 2 N–H and O–H groups in total. The summed E-state index contributed by atoms with van der Waals surface area (Å²) in [6, 6.07) is 6.36. The molecule has 23 heavy (non-hydrogen) atoms. The number of nitrogens with one attached hydrogen (secondary N) is 2. The van der Waals surface area contributed by atoms with Crippen LogP contribution < -0.4 is 15.4 Å². The molecular weight excluding hydrogens is 290 g/mol. The molecule has 5 heteroatoms. The van der Waals surface area contributed by atoms with Crippen molar-refractivity contribution < 1.29 is 9.47 Å². The maximum absolute atomic E-state index is 5.38. The molecule has 1 heterocycles. The summed E-state index contributed by atoms with van der Waals surface area (Å²) in [7, 11) is 1.71. The van der Waals surface area contributed by atoms with Gasteiger partial charge in [0.1, 0.15) is 5.75 Å². The Morgan fingerprint density at radius 3 is 2.74 bits per heavy atom. The highest BCUT2D eigenvalue weighted by Gasteiger charge is 2.33. The molecule has 0 atom stereocenters. The largest absolute Gasteiger partial charge is 0.496 e. The van der Waals surface area contributed by atoms with Crippen molar-refractivity contribution in [1.29, 1.82) is 0 Å². The predicted molar refractivity (Wildman–Crippen MR) is 94.3 cm³/mol. The molecule has 0 aliphatic carbocycles. The van der Waals surface area contributed by atoms with Crippen LogP contribution in [0.1, 0.15) is 25.0 Å². The highest BCUT2D eigenvalue weighted by molar-refractivity contribution is 5.79. The Hall–Kier alpha value is -1.75. The van der Waals surface area contributed by atoms with Gasteiger partial charge in [-0.1, -0.05) is 19.1 Å². The van der Waals surface area contributed by atoms with Crippen LogP contribution in [0.3, 0.4) is 0 Å². The van der Waals surface area contributed by atoms with Crippen LogP contribution in [0.4, 0.5) is 0 Å². The van der Waals surface area contributed by atoms with Gasteiger partial charge in [-0.15, -0.1) is 0 Å². The Labute approximate surface area is 139 Å². The summed E-state index contributed by atoms with van der Waals surface area (Å²) in [6.07, 6.45) is 0.932. The van der Waals surface area contributed by atoms with E-state index in [4.69, 9.17) is 9.47 Å². The lowest BCUT2D eigenvalue weighted by Crippen LogP contribution is -2.44. The van der Waals surface area contributed by atoms with Crippen LogP contribution in [0.25, 0.3) is 0 Å². The minimum atomic E-state index is 0.201. The number of ether oxygens (including phenoxy) is 2. The first-order valence-electron chi connectivity index (χ1n) is 8.30. The van der Waals surface area contributed by atoms with E-state index in [0.29, 0.717) is 0 Å². The Bertz CT molecular complexity index is 539. The topological polar surface area (TPSA) is 54.9 Å². The molecule has 5 nitrogen and oxygen atoms in total. The Morgan fingerprint density at radius 1 is 1.35 bits per heavy atom. The first kappa shape index (κ1) is 17.6. The van der Waals surface area contributed by atoms with E-state index in [1.165, 1.54) is 5.56 Å². The average Bonchev–Trinajstić information content (AvgIpc) is 2.52. The number of methoxy groups -OCH3 is 1. The van der Waals surface area contributed by atoms with Crippen molar-refractivity contribution in [2.24, 2.45) is 10.4 Å². The zero-order chi connectivity index (χ0) is 16.7. The summed E-state index contributed by atoms with van der Waals surface area (Å²) in [5.41, 5.74) is 2.62. The summed E-state index contributed by atoms with van der Waals surface area (Å²) >= 11 is 0. The van der Waals surface area contributed by atoms with Crippen molar-refractivity contribution in [3.8, 4) is 5.75 Å². The van der Waals surface area contributed by atoms with Crippen molar-refractivity contribution in [2.45, 2.75) is 27.2 Å². The molecule has 1 aliphatic rings. The van der Waals surface area contributed by atoms with E-state index in [0.717, 1.165) is 56.5 Å². The van der Waals surface area contributed by atoms with Crippen molar-refractivity contribution in [1.82, 2.24) is 10.6 Å². The summed E-state index contributed by atoms with van der Waals surface area (Å²) in [5.74, 6) is 1.82. The maximum Gasteiger partial charge on any atom is 0.191 e. The average molecular weight is 319 g/mol. The van der Waals surface area contributed by atoms with Crippen LogP contribution in [0.15, 0.2) is 23.2 Å². The molecule has 0 spiro atoms. The highest BCUT2D eigenvalue weighted by atomic mass is 16.5. The SMILES string of the molecule is CCNC(=NCC1(C)COC1)NCCc1ccc(C)c(OC)c1. The molecule has 128 valence electrons. The molecular formula is C18H29N3O2. The third-order valence-electron chi connectivity index (χ3n) is 4.04. The molecule has 1 aliphatic heterocycles. The van der Waals surface area contributed by atoms with Crippen LogP contribution >= 0.6 is 0 Å². The van der Waals surface area contributed by atoms with E-state index in [-0.39, 0.29) is 5.41 Å². The normalized spacial score (nSPS) is 16.6. The molecule has 1 aromatic carbocycles. The minimum absolute atomic E-state index is 0.201. The lowest BCUT2D eigenvalue weighted by atomic mass is 9.89. The van der Waals surface area contributed by atoms with Gasteiger partial charge < -0.3 is 20.1 Å². The van der Waals surface area contributed by atoms with E-state index >= 15 is 0 Å². The van der Waals surface area contributed by atoms with Gasteiger partial charge in [-0.25, -0.2) is 0 Å². The van der Waals surface area contributed by atoms with Gasteiger partial charge in [-0.3, -0.25) is 4.99 Å². The molecule has 1 saturated heterocycles.